The summed E-state index contributed by atoms with van der Waals surface area (Å²) in [5.41, 5.74) is 0.797. The summed E-state index contributed by atoms with van der Waals surface area (Å²) >= 11 is 0. The number of aryl methyl sites for hydroxylation is 1. The van der Waals surface area contributed by atoms with Crippen molar-refractivity contribution in [1.82, 2.24) is 15.4 Å². The highest BCUT2D eigenvalue weighted by Crippen LogP contribution is 2.13. The highest BCUT2D eigenvalue weighted by atomic mass is 16.5. The van der Waals surface area contributed by atoms with Crippen LogP contribution in [0.3, 0.4) is 0 Å². The number of nitrogens with one attached hydrogen (secondary N) is 1. The Morgan fingerprint density at radius 2 is 2.53 bits per heavy atom. The molecular formula is C10H15N3O2. The molecule has 5 heteroatoms. The van der Waals surface area contributed by atoms with E-state index in [-0.39, 0.29) is 11.9 Å². The van der Waals surface area contributed by atoms with Gasteiger partial charge in [-0.1, -0.05) is 5.16 Å². The molecular weight excluding hydrogens is 194 g/mol. The fourth-order valence-corrected chi connectivity index (χ4v) is 1.77. The van der Waals surface area contributed by atoms with Crippen LogP contribution in [0.15, 0.2) is 10.7 Å². The minimum atomic E-state index is -0.0565. The number of carbonyl (C=O) groups is 1. The standard InChI is InChI=1S/C10H15N3O2/c1-7-5-12-15-9(7)10(14)13-4-3-11-6-8(13)2/h5,8,11H,3-4,6H2,1-2H3. The molecule has 1 aliphatic heterocycles. The molecule has 0 aliphatic carbocycles. The Balaban J connectivity index is 2.17. The lowest BCUT2D eigenvalue weighted by Crippen LogP contribution is -2.52. The third kappa shape index (κ3) is 1.87. The van der Waals surface area contributed by atoms with E-state index in [9.17, 15) is 4.79 Å². The topological polar surface area (TPSA) is 58.4 Å². The zero-order valence-electron chi connectivity index (χ0n) is 8.99. The zero-order valence-corrected chi connectivity index (χ0v) is 8.99. The van der Waals surface area contributed by atoms with Crippen molar-refractivity contribution >= 4 is 5.91 Å². The summed E-state index contributed by atoms with van der Waals surface area (Å²) < 4.78 is 4.97. The fourth-order valence-electron chi connectivity index (χ4n) is 1.77. The number of carbonyl (C=O) groups excluding carboxylic acids is 1. The maximum atomic E-state index is 12.1. The molecule has 1 fully saturated rings. The third-order valence-corrected chi connectivity index (χ3v) is 2.70. The van der Waals surface area contributed by atoms with Crippen molar-refractivity contribution in [2.24, 2.45) is 0 Å². The van der Waals surface area contributed by atoms with E-state index < -0.39 is 0 Å². The number of piperazine rings is 1. The summed E-state index contributed by atoms with van der Waals surface area (Å²) in [4.78, 5) is 13.9. The maximum Gasteiger partial charge on any atom is 0.293 e. The molecule has 1 aromatic rings. The monoisotopic (exact) mass is 209 g/mol. The van der Waals surface area contributed by atoms with Gasteiger partial charge in [-0.15, -0.1) is 0 Å². The molecule has 1 aliphatic rings. The molecule has 2 rings (SSSR count). The number of nitrogens with zero attached hydrogens (tertiary/aromatic N) is 2. The molecule has 15 heavy (non-hydrogen) atoms. The van der Waals surface area contributed by atoms with Crippen molar-refractivity contribution in [2.45, 2.75) is 19.9 Å². The first-order valence-electron chi connectivity index (χ1n) is 5.13. The van der Waals surface area contributed by atoms with Gasteiger partial charge in [-0.2, -0.15) is 0 Å². The van der Waals surface area contributed by atoms with Crippen LogP contribution in [0, 0.1) is 6.92 Å². The van der Waals surface area contributed by atoms with E-state index in [0.717, 1.165) is 25.2 Å². The average molecular weight is 209 g/mol. The molecule has 0 aromatic carbocycles. The van der Waals surface area contributed by atoms with Crippen molar-refractivity contribution in [3.63, 3.8) is 0 Å². The molecule has 1 N–H and O–H groups in total. The van der Waals surface area contributed by atoms with Crippen molar-refractivity contribution in [3.8, 4) is 0 Å². The van der Waals surface area contributed by atoms with Crippen LogP contribution < -0.4 is 5.32 Å². The van der Waals surface area contributed by atoms with Gasteiger partial charge in [0.2, 0.25) is 5.76 Å². The number of hydrogen-bond donors (Lipinski definition) is 1. The first-order chi connectivity index (χ1) is 7.20. The van der Waals surface area contributed by atoms with E-state index in [2.05, 4.69) is 10.5 Å². The SMILES string of the molecule is Cc1cnoc1C(=O)N1CCNCC1C. The second-order valence-corrected chi connectivity index (χ2v) is 3.89. The summed E-state index contributed by atoms with van der Waals surface area (Å²) in [7, 11) is 0. The molecule has 1 saturated heterocycles. The summed E-state index contributed by atoms with van der Waals surface area (Å²) in [6.07, 6.45) is 1.57. The predicted octanol–water partition coefficient (Wildman–Crippen LogP) is 0.417. The lowest BCUT2D eigenvalue weighted by atomic mass is 10.2. The second kappa shape index (κ2) is 4.02. The Morgan fingerprint density at radius 1 is 1.73 bits per heavy atom. The molecule has 2 heterocycles. The van der Waals surface area contributed by atoms with Crippen molar-refractivity contribution in [1.29, 1.82) is 0 Å². The first-order valence-corrected chi connectivity index (χ1v) is 5.13. The van der Waals surface area contributed by atoms with Gasteiger partial charge in [-0.3, -0.25) is 4.79 Å². The first kappa shape index (κ1) is 10.2. The summed E-state index contributed by atoms with van der Waals surface area (Å²) in [6.45, 7) is 6.24. The third-order valence-electron chi connectivity index (χ3n) is 2.70. The van der Waals surface area contributed by atoms with Crippen molar-refractivity contribution < 1.29 is 9.32 Å². The molecule has 5 nitrogen and oxygen atoms in total. The zero-order chi connectivity index (χ0) is 10.8. The molecule has 1 aromatic heterocycles. The number of aromatic nitrogens is 1. The molecule has 0 radical (unpaired) electrons. The number of hydrogen-bond acceptors (Lipinski definition) is 4. The second-order valence-electron chi connectivity index (χ2n) is 3.89. The normalized spacial score (nSPS) is 21.7. The smallest absolute Gasteiger partial charge is 0.293 e. The largest absolute Gasteiger partial charge is 0.351 e. The van der Waals surface area contributed by atoms with Gasteiger partial charge < -0.3 is 14.7 Å². The lowest BCUT2D eigenvalue weighted by Gasteiger charge is -2.33. The molecule has 0 saturated carbocycles. The molecule has 0 spiro atoms. The summed E-state index contributed by atoms with van der Waals surface area (Å²) in [6, 6.07) is 0.204. The van der Waals surface area contributed by atoms with Crippen LogP contribution >= 0.6 is 0 Å². The van der Waals surface area contributed by atoms with Crippen LogP contribution in [-0.4, -0.2) is 41.6 Å². The molecule has 82 valence electrons. The molecule has 1 atom stereocenters. The van der Waals surface area contributed by atoms with Crippen molar-refractivity contribution in [3.05, 3.63) is 17.5 Å². The average Bonchev–Trinajstić information content (AvgIpc) is 2.64. The Labute approximate surface area is 88.4 Å². The predicted molar refractivity (Wildman–Crippen MR) is 54.6 cm³/mol. The lowest BCUT2D eigenvalue weighted by molar-refractivity contribution is 0.0612. The van der Waals surface area contributed by atoms with Gasteiger partial charge in [-0.25, -0.2) is 0 Å². The highest BCUT2D eigenvalue weighted by molar-refractivity contribution is 5.92. The van der Waals surface area contributed by atoms with Crippen LogP contribution in [0.25, 0.3) is 0 Å². The van der Waals surface area contributed by atoms with E-state index in [1.54, 1.807) is 6.20 Å². The Kier molecular flexibility index (Phi) is 2.73. The summed E-state index contributed by atoms with van der Waals surface area (Å²) in [5, 5.41) is 6.86. The molecule has 1 amide bonds. The van der Waals surface area contributed by atoms with Crippen LogP contribution in [0.2, 0.25) is 0 Å². The Hall–Kier alpha value is -1.36. The van der Waals surface area contributed by atoms with E-state index in [1.807, 2.05) is 18.7 Å². The minimum Gasteiger partial charge on any atom is -0.351 e. The number of amides is 1. The van der Waals surface area contributed by atoms with Crippen LogP contribution in [0.4, 0.5) is 0 Å². The van der Waals surface area contributed by atoms with E-state index >= 15 is 0 Å². The fraction of sp³-hybridized carbons (Fsp3) is 0.600. The van der Waals surface area contributed by atoms with Crippen LogP contribution in [-0.2, 0) is 0 Å². The van der Waals surface area contributed by atoms with Gasteiger partial charge in [0.05, 0.1) is 6.20 Å². The van der Waals surface area contributed by atoms with Gasteiger partial charge in [0, 0.05) is 31.2 Å². The summed E-state index contributed by atoms with van der Waals surface area (Å²) in [5.74, 6) is 0.308. The minimum absolute atomic E-state index is 0.0565. The van der Waals surface area contributed by atoms with Crippen LogP contribution in [0.5, 0.6) is 0 Å². The van der Waals surface area contributed by atoms with Gasteiger partial charge >= 0.3 is 0 Å². The van der Waals surface area contributed by atoms with E-state index in [0.29, 0.717) is 5.76 Å². The van der Waals surface area contributed by atoms with E-state index in [4.69, 9.17) is 4.52 Å². The Bertz CT molecular complexity index is 361. The number of rotatable bonds is 1. The molecule has 1 unspecified atom stereocenters. The van der Waals surface area contributed by atoms with Gasteiger partial charge in [0.15, 0.2) is 0 Å². The van der Waals surface area contributed by atoms with Crippen molar-refractivity contribution in [2.75, 3.05) is 19.6 Å². The van der Waals surface area contributed by atoms with Crippen LogP contribution in [0.1, 0.15) is 23.0 Å². The molecule has 0 bridgehead atoms. The van der Waals surface area contributed by atoms with Gasteiger partial charge in [0.1, 0.15) is 0 Å². The maximum absolute atomic E-state index is 12.1. The van der Waals surface area contributed by atoms with Gasteiger partial charge in [0.25, 0.3) is 5.91 Å². The highest BCUT2D eigenvalue weighted by Gasteiger charge is 2.27. The Morgan fingerprint density at radius 3 is 3.13 bits per heavy atom. The quantitative estimate of drug-likeness (QED) is 0.728. The van der Waals surface area contributed by atoms with Gasteiger partial charge in [-0.05, 0) is 13.8 Å². The van der Waals surface area contributed by atoms with E-state index in [1.165, 1.54) is 0 Å².